The molecule has 0 aliphatic heterocycles. The molecule has 3 aromatic rings. The van der Waals surface area contributed by atoms with E-state index in [0.717, 1.165) is 11.4 Å². The molecule has 0 atom stereocenters. The molecule has 0 radical (unpaired) electrons. The van der Waals surface area contributed by atoms with E-state index in [2.05, 4.69) is 10.6 Å². The number of para-hydroxylation sites is 3. The number of thiocarbonyl (C=S) groups is 1. The monoisotopic (exact) mass is 384 g/mol. The number of halogens is 1. The van der Waals surface area contributed by atoms with Crippen LogP contribution in [-0.4, -0.2) is 12.2 Å². The second kappa shape index (κ2) is 8.56. The van der Waals surface area contributed by atoms with Gasteiger partial charge in [-0.1, -0.05) is 41.9 Å². The first-order valence-corrected chi connectivity index (χ1v) is 8.68. The van der Waals surface area contributed by atoms with Crippen molar-refractivity contribution in [2.24, 2.45) is 0 Å². The summed E-state index contributed by atoms with van der Waals surface area (Å²) in [5.74, 6) is 2.06. The Labute approximate surface area is 162 Å². The molecule has 0 spiro atoms. The number of hydrogen-bond acceptors (Lipinski definition) is 3. The van der Waals surface area contributed by atoms with Crippen molar-refractivity contribution in [3.63, 3.8) is 0 Å². The van der Waals surface area contributed by atoms with Gasteiger partial charge < -0.3 is 20.1 Å². The Morgan fingerprint density at radius 3 is 2.31 bits per heavy atom. The molecule has 3 aromatic carbocycles. The molecule has 3 rings (SSSR count). The third kappa shape index (κ3) is 4.65. The molecule has 2 N–H and O–H groups in total. The van der Waals surface area contributed by atoms with Crippen LogP contribution in [0.3, 0.4) is 0 Å². The molecule has 0 unspecified atom stereocenters. The average molecular weight is 385 g/mol. The third-order valence-corrected chi connectivity index (χ3v) is 3.96. The molecule has 0 heterocycles. The summed E-state index contributed by atoms with van der Waals surface area (Å²) in [4.78, 5) is 0. The van der Waals surface area contributed by atoms with Crippen molar-refractivity contribution in [3.05, 3.63) is 77.8 Å². The first-order chi connectivity index (χ1) is 12.7. The second-order valence-electron chi connectivity index (χ2n) is 5.34. The molecule has 0 fully saturated rings. The van der Waals surface area contributed by atoms with E-state index in [1.54, 1.807) is 25.3 Å². The summed E-state index contributed by atoms with van der Waals surface area (Å²) >= 11 is 11.5. The van der Waals surface area contributed by atoms with Gasteiger partial charge in [0.25, 0.3) is 0 Å². The van der Waals surface area contributed by atoms with E-state index in [1.165, 1.54) is 0 Å². The van der Waals surface area contributed by atoms with Crippen LogP contribution in [0.2, 0.25) is 5.02 Å². The van der Waals surface area contributed by atoms with Crippen LogP contribution >= 0.6 is 23.8 Å². The van der Waals surface area contributed by atoms with Crippen LogP contribution in [0.1, 0.15) is 0 Å². The van der Waals surface area contributed by atoms with Gasteiger partial charge in [0, 0.05) is 5.02 Å². The molecule has 0 aliphatic rings. The lowest BCUT2D eigenvalue weighted by Gasteiger charge is -2.16. The number of ether oxygens (including phenoxy) is 2. The molecule has 0 aromatic heterocycles. The number of hydrogen-bond donors (Lipinski definition) is 2. The fourth-order valence-electron chi connectivity index (χ4n) is 2.33. The Morgan fingerprint density at radius 1 is 0.846 bits per heavy atom. The van der Waals surface area contributed by atoms with Crippen LogP contribution in [0.5, 0.6) is 17.2 Å². The van der Waals surface area contributed by atoms with Crippen molar-refractivity contribution in [2.45, 2.75) is 0 Å². The summed E-state index contributed by atoms with van der Waals surface area (Å²) in [5, 5.41) is 7.23. The van der Waals surface area contributed by atoms with Gasteiger partial charge in [0.05, 0.1) is 18.5 Å². The highest BCUT2D eigenvalue weighted by atomic mass is 35.5. The minimum Gasteiger partial charge on any atom is -0.495 e. The fourth-order valence-corrected chi connectivity index (χ4v) is 2.72. The molecule has 0 amide bonds. The van der Waals surface area contributed by atoms with Gasteiger partial charge in [0.2, 0.25) is 0 Å². The maximum absolute atomic E-state index is 6.05. The molecule has 4 nitrogen and oxygen atoms in total. The van der Waals surface area contributed by atoms with E-state index in [4.69, 9.17) is 33.3 Å². The zero-order valence-electron chi connectivity index (χ0n) is 14.0. The van der Waals surface area contributed by atoms with E-state index in [-0.39, 0.29) is 0 Å². The van der Waals surface area contributed by atoms with Crippen LogP contribution in [0, 0.1) is 0 Å². The third-order valence-electron chi connectivity index (χ3n) is 3.52. The van der Waals surface area contributed by atoms with Gasteiger partial charge in [-0.25, -0.2) is 0 Å². The highest BCUT2D eigenvalue weighted by Crippen LogP contribution is 2.30. The van der Waals surface area contributed by atoms with E-state index in [1.807, 2.05) is 54.6 Å². The first kappa shape index (κ1) is 18.0. The minimum atomic E-state index is 0.398. The molecule has 0 bridgehead atoms. The zero-order valence-corrected chi connectivity index (χ0v) is 15.6. The quantitative estimate of drug-likeness (QED) is 0.532. The van der Waals surface area contributed by atoms with E-state index >= 15 is 0 Å². The minimum absolute atomic E-state index is 0.398. The summed E-state index contributed by atoms with van der Waals surface area (Å²) in [7, 11) is 1.59. The van der Waals surface area contributed by atoms with Crippen LogP contribution in [-0.2, 0) is 0 Å². The van der Waals surface area contributed by atoms with Crippen molar-refractivity contribution in [2.75, 3.05) is 17.7 Å². The number of rotatable bonds is 5. The van der Waals surface area contributed by atoms with E-state index in [0.29, 0.717) is 27.3 Å². The lowest BCUT2D eigenvalue weighted by molar-refractivity contribution is 0.417. The number of anilines is 2. The molecular formula is C20H17ClN2O2S. The Morgan fingerprint density at radius 2 is 1.54 bits per heavy atom. The van der Waals surface area contributed by atoms with Gasteiger partial charge in [0.15, 0.2) is 10.9 Å². The molecule has 0 saturated carbocycles. The summed E-state index contributed by atoms with van der Waals surface area (Å²) in [6.45, 7) is 0. The van der Waals surface area contributed by atoms with Gasteiger partial charge in [-0.2, -0.15) is 0 Å². The van der Waals surface area contributed by atoms with Crippen molar-refractivity contribution in [3.8, 4) is 17.2 Å². The Kier molecular flexibility index (Phi) is 5.94. The molecule has 0 saturated heterocycles. The maximum Gasteiger partial charge on any atom is 0.175 e. The lowest BCUT2D eigenvalue weighted by atomic mass is 10.3. The van der Waals surface area contributed by atoms with E-state index < -0.39 is 0 Å². The molecular weight excluding hydrogens is 368 g/mol. The normalized spacial score (nSPS) is 10.1. The highest BCUT2D eigenvalue weighted by molar-refractivity contribution is 7.80. The second-order valence-corrected chi connectivity index (χ2v) is 6.18. The van der Waals surface area contributed by atoms with Crippen LogP contribution in [0.15, 0.2) is 72.8 Å². The summed E-state index contributed by atoms with van der Waals surface area (Å²) in [6.07, 6.45) is 0. The molecule has 132 valence electrons. The Hall–Kier alpha value is -2.76. The predicted octanol–water partition coefficient (Wildman–Crippen LogP) is 5.95. The van der Waals surface area contributed by atoms with E-state index in [9.17, 15) is 0 Å². The van der Waals surface area contributed by atoms with Crippen molar-refractivity contribution in [1.29, 1.82) is 0 Å². The largest absolute Gasteiger partial charge is 0.495 e. The standard InChI is InChI=1S/C20H17ClN2O2S/c1-24-18-12-11-14(21)13-17(18)23-20(26)22-16-9-5-6-10-19(16)25-15-7-3-2-4-8-15/h2-13H,1H3,(H2,22,23,26). The molecule has 6 heteroatoms. The topological polar surface area (TPSA) is 42.5 Å². The smallest absolute Gasteiger partial charge is 0.175 e. The summed E-state index contributed by atoms with van der Waals surface area (Å²) in [5.41, 5.74) is 1.42. The lowest BCUT2D eigenvalue weighted by Crippen LogP contribution is -2.19. The number of nitrogens with one attached hydrogen (secondary N) is 2. The summed E-state index contributed by atoms with van der Waals surface area (Å²) in [6, 6.07) is 22.4. The fraction of sp³-hybridized carbons (Fsp3) is 0.0500. The number of methoxy groups -OCH3 is 1. The van der Waals surface area contributed by atoms with Crippen molar-refractivity contribution >= 4 is 40.3 Å². The van der Waals surface area contributed by atoms with Gasteiger partial charge in [-0.15, -0.1) is 0 Å². The van der Waals surface area contributed by atoms with Gasteiger partial charge in [0.1, 0.15) is 11.5 Å². The van der Waals surface area contributed by atoms with Crippen LogP contribution in [0.4, 0.5) is 11.4 Å². The maximum atomic E-state index is 6.05. The highest BCUT2D eigenvalue weighted by Gasteiger charge is 2.09. The van der Waals surface area contributed by atoms with Crippen molar-refractivity contribution < 1.29 is 9.47 Å². The Balaban J connectivity index is 1.75. The van der Waals surface area contributed by atoms with Gasteiger partial charge >= 0.3 is 0 Å². The van der Waals surface area contributed by atoms with Gasteiger partial charge in [-0.3, -0.25) is 0 Å². The molecule has 26 heavy (non-hydrogen) atoms. The van der Waals surface area contributed by atoms with Crippen LogP contribution in [0.25, 0.3) is 0 Å². The SMILES string of the molecule is COc1ccc(Cl)cc1NC(=S)Nc1ccccc1Oc1ccccc1. The zero-order chi connectivity index (χ0) is 18.4. The Bertz CT molecular complexity index is 903. The van der Waals surface area contributed by atoms with Crippen LogP contribution < -0.4 is 20.1 Å². The average Bonchev–Trinajstić information content (AvgIpc) is 2.64. The van der Waals surface area contributed by atoms with Crippen molar-refractivity contribution in [1.82, 2.24) is 0 Å². The van der Waals surface area contributed by atoms with Gasteiger partial charge in [-0.05, 0) is 54.7 Å². The predicted molar refractivity (Wildman–Crippen MR) is 111 cm³/mol. The number of benzene rings is 3. The first-order valence-electron chi connectivity index (χ1n) is 7.89. The molecule has 0 aliphatic carbocycles. The summed E-state index contributed by atoms with van der Waals surface area (Å²) < 4.78 is 11.2.